The highest BCUT2D eigenvalue weighted by atomic mass is 16.7. The summed E-state index contributed by atoms with van der Waals surface area (Å²) >= 11 is 0. The van der Waals surface area contributed by atoms with Crippen LogP contribution >= 0.6 is 0 Å². The molecular formula is C18H22O7. The lowest BCUT2D eigenvalue weighted by Gasteiger charge is -2.36. The molecule has 7 heteroatoms. The molecule has 25 heavy (non-hydrogen) atoms. The molecule has 3 aliphatic heterocycles. The third kappa shape index (κ3) is 2.84. The van der Waals surface area contributed by atoms with Crippen molar-refractivity contribution in [3.05, 3.63) is 12.7 Å². The quantitative estimate of drug-likeness (QED) is 0.421. The second kappa shape index (κ2) is 6.12. The van der Waals surface area contributed by atoms with E-state index in [1.54, 1.807) is 0 Å². The third-order valence-electron chi connectivity index (χ3n) is 5.77. The van der Waals surface area contributed by atoms with Gasteiger partial charge in [-0.05, 0) is 32.1 Å². The van der Waals surface area contributed by atoms with E-state index in [-0.39, 0.29) is 30.5 Å². The molecule has 0 radical (unpaired) electrons. The first-order chi connectivity index (χ1) is 12.0. The molecule has 0 aromatic carbocycles. The highest BCUT2D eigenvalue weighted by molar-refractivity contribution is 5.82. The first-order valence-electron chi connectivity index (χ1n) is 8.92. The van der Waals surface area contributed by atoms with Crippen molar-refractivity contribution in [2.75, 3.05) is 0 Å². The van der Waals surface area contributed by atoms with Crippen molar-refractivity contribution in [1.29, 1.82) is 0 Å². The fourth-order valence-corrected chi connectivity index (χ4v) is 4.60. The maximum atomic E-state index is 12.5. The second-order valence-corrected chi connectivity index (χ2v) is 7.38. The summed E-state index contributed by atoms with van der Waals surface area (Å²) < 4.78 is 22.2. The monoisotopic (exact) mass is 350 g/mol. The van der Waals surface area contributed by atoms with Crippen LogP contribution in [0.4, 0.5) is 0 Å². The number of carbonyl (C=O) groups is 3. The Hall–Kier alpha value is -1.89. The smallest absolute Gasteiger partial charge is 0.330 e. The Balaban J connectivity index is 1.41. The number of hydrogen-bond donors (Lipinski definition) is 0. The van der Waals surface area contributed by atoms with Gasteiger partial charge >= 0.3 is 17.9 Å². The van der Waals surface area contributed by atoms with Crippen LogP contribution < -0.4 is 0 Å². The van der Waals surface area contributed by atoms with Gasteiger partial charge in [0.05, 0.1) is 18.4 Å². The molecule has 4 rings (SSSR count). The van der Waals surface area contributed by atoms with Crippen LogP contribution in [-0.2, 0) is 33.3 Å². The number of ether oxygens (including phenoxy) is 4. The Morgan fingerprint density at radius 1 is 1.24 bits per heavy atom. The highest BCUT2D eigenvalue weighted by Crippen LogP contribution is 2.47. The van der Waals surface area contributed by atoms with Gasteiger partial charge in [0.15, 0.2) is 12.2 Å². The first kappa shape index (κ1) is 16.6. The zero-order valence-electron chi connectivity index (χ0n) is 14.0. The van der Waals surface area contributed by atoms with Crippen molar-refractivity contribution in [3.63, 3.8) is 0 Å². The zero-order chi connectivity index (χ0) is 17.6. The Bertz CT molecular complexity index is 607. The van der Waals surface area contributed by atoms with E-state index >= 15 is 0 Å². The van der Waals surface area contributed by atoms with E-state index in [0.717, 1.165) is 25.3 Å². The summed E-state index contributed by atoms with van der Waals surface area (Å²) in [5, 5.41) is 0. The first-order valence-corrected chi connectivity index (χ1v) is 8.92. The number of fused-ring (bicyclic) bond motifs is 1. The Labute approximate surface area is 145 Å². The minimum atomic E-state index is -0.825. The van der Waals surface area contributed by atoms with Gasteiger partial charge in [0.1, 0.15) is 11.7 Å². The van der Waals surface area contributed by atoms with Gasteiger partial charge in [0.2, 0.25) is 0 Å². The lowest BCUT2D eigenvalue weighted by Crippen LogP contribution is -2.43. The average molecular weight is 350 g/mol. The largest absolute Gasteiger partial charge is 0.455 e. The molecule has 0 N–H and O–H groups in total. The Kier molecular flexibility index (Phi) is 4.06. The van der Waals surface area contributed by atoms with E-state index < -0.39 is 29.7 Å². The van der Waals surface area contributed by atoms with Gasteiger partial charge < -0.3 is 18.9 Å². The lowest BCUT2D eigenvalue weighted by atomic mass is 9.82. The van der Waals surface area contributed by atoms with E-state index in [1.807, 2.05) is 0 Å². The molecule has 0 amide bonds. The van der Waals surface area contributed by atoms with Crippen molar-refractivity contribution in [2.24, 2.45) is 5.92 Å². The summed E-state index contributed by atoms with van der Waals surface area (Å²) in [6.07, 6.45) is 4.14. The minimum absolute atomic E-state index is 0.00453. The molecule has 0 spiro atoms. The maximum Gasteiger partial charge on any atom is 0.330 e. The van der Waals surface area contributed by atoms with Crippen LogP contribution in [0.5, 0.6) is 0 Å². The summed E-state index contributed by atoms with van der Waals surface area (Å²) in [6, 6.07) is 0. The molecule has 4 fully saturated rings. The molecule has 5 unspecified atom stereocenters. The maximum absolute atomic E-state index is 12.5. The zero-order valence-corrected chi connectivity index (χ0v) is 14.0. The molecular weight excluding hydrogens is 328 g/mol. The Morgan fingerprint density at radius 3 is 2.72 bits per heavy atom. The second-order valence-electron chi connectivity index (χ2n) is 7.38. The summed E-state index contributed by atoms with van der Waals surface area (Å²) in [5.74, 6) is -1.45. The van der Waals surface area contributed by atoms with Crippen molar-refractivity contribution in [2.45, 2.75) is 75.0 Å². The fraction of sp³-hybridized carbons (Fsp3) is 0.722. The molecule has 0 aromatic heterocycles. The summed E-state index contributed by atoms with van der Waals surface area (Å²) in [4.78, 5) is 36.0. The molecule has 2 bridgehead atoms. The van der Waals surface area contributed by atoms with Crippen LogP contribution in [0.1, 0.15) is 44.9 Å². The van der Waals surface area contributed by atoms with Gasteiger partial charge in [0.25, 0.3) is 0 Å². The van der Waals surface area contributed by atoms with Gasteiger partial charge in [-0.2, -0.15) is 0 Å². The number of rotatable bonds is 5. The summed E-state index contributed by atoms with van der Waals surface area (Å²) in [6.45, 7) is 3.42. The van der Waals surface area contributed by atoms with E-state index in [4.69, 9.17) is 18.9 Å². The Morgan fingerprint density at radius 2 is 2.00 bits per heavy atom. The van der Waals surface area contributed by atoms with Gasteiger partial charge in [-0.15, -0.1) is 0 Å². The molecule has 0 aromatic rings. The van der Waals surface area contributed by atoms with Gasteiger partial charge in [-0.1, -0.05) is 13.0 Å². The molecule has 1 aliphatic carbocycles. The van der Waals surface area contributed by atoms with Crippen LogP contribution in [-0.4, -0.2) is 47.9 Å². The molecule has 3 saturated heterocycles. The topological polar surface area (TPSA) is 88.1 Å². The van der Waals surface area contributed by atoms with Crippen molar-refractivity contribution in [1.82, 2.24) is 0 Å². The molecule has 3 heterocycles. The van der Waals surface area contributed by atoms with Crippen molar-refractivity contribution >= 4 is 17.9 Å². The third-order valence-corrected chi connectivity index (χ3v) is 5.77. The van der Waals surface area contributed by atoms with Crippen LogP contribution in [0.25, 0.3) is 0 Å². The normalized spacial score (nSPS) is 37.4. The van der Waals surface area contributed by atoms with E-state index in [1.165, 1.54) is 0 Å². The van der Waals surface area contributed by atoms with Gasteiger partial charge in [0, 0.05) is 6.08 Å². The molecule has 1 saturated carbocycles. The number of esters is 3. The van der Waals surface area contributed by atoms with E-state index in [2.05, 4.69) is 6.58 Å². The van der Waals surface area contributed by atoms with Gasteiger partial charge in [-0.3, -0.25) is 9.59 Å². The van der Waals surface area contributed by atoms with Crippen molar-refractivity contribution in [3.8, 4) is 0 Å². The summed E-state index contributed by atoms with van der Waals surface area (Å²) in [7, 11) is 0. The number of carbonyl (C=O) groups excluding carboxylic acids is 3. The predicted octanol–water partition coefficient (Wildman–Crippen LogP) is 1.43. The highest BCUT2D eigenvalue weighted by Gasteiger charge is 2.65. The van der Waals surface area contributed by atoms with Crippen LogP contribution in [0, 0.1) is 5.92 Å². The SMILES string of the molecule is C=CC(=O)OC1(CC(=O)OC2C3CC4C(=O)OC2C4O3)CCCCC1. The predicted molar refractivity (Wildman–Crippen MR) is 83.3 cm³/mol. The van der Waals surface area contributed by atoms with Crippen molar-refractivity contribution < 1.29 is 33.3 Å². The fourth-order valence-electron chi connectivity index (χ4n) is 4.60. The van der Waals surface area contributed by atoms with E-state index in [0.29, 0.717) is 19.3 Å². The van der Waals surface area contributed by atoms with E-state index in [9.17, 15) is 14.4 Å². The standard InChI is InChI=1S/C18H22O7/c1-2-12(19)25-18(6-4-3-5-7-18)9-13(20)23-15-11-8-10-14(22-11)16(15)24-17(10)21/h2,10-11,14-16H,1,3-9H2. The number of hydrogen-bond acceptors (Lipinski definition) is 7. The average Bonchev–Trinajstić information content (AvgIpc) is 3.20. The van der Waals surface area contributed by atoms with Crippen LogP contribution in [0.15, 0.2) is 12.7 Å². The molecule has 5 atom stereocenters. The van der Waals surface area contributed by atoms with Gasteiger partial charge in [-0.25, -0.2) is 4.79 Å². The minimum Gasteiger partial charge on any atom is -0.455 e. The van der Waals surface area contributed by atoms with Crippen LogP contribution in [0.2, 0.25) is 0 Å². The molecule has 4 aliphatic rings. The molecule has 7 nitrogen and oxygen atoms in total. The summed E-state index contributed by atoms with van der Waals surface area (Å²) in [5.41, 5.74) is -0.825. The molecule has 136 valence electrons. The van der Waals surface area contributed by atoms with Crippen LogP contribution in [0.3, 0.4) is 0 Å². The lowest BCUT2D eigenvalue weighted by molar-refractivity contribution is -0.173.